The van der Waals surface area contributed by atoms with Gasteiger partial charge in [-0.25, -0.2) is 0 Å². The molecular formula is C9H17Cl. The third-order valence-corrected chi connectivity index (χ3v) is 2.28. The Kier molecular flexibility index (Phi) is 5.81. The third kappa shape index (κ3) is 4.87. The molecule has 1 unspecified atom stereocenters. The van der Waals surface area contributed by atoms with E-state index in [0.29, 0.717) is 5.92 Å². The van der Waals surface area contributed by atoms with Crippen molar-refractivity contribution in [3.05, 3.63) is 12.2 Å². The van der Waals surface area contributed by atoms with Gasteiger partial charge in [-0.05, 0) is 25.2 Å². The van der Waals surface area contributed by atoms with Gasteiger partial charge in [0.25, 0.3) is 0 Å². The molecule has 0 fully saturated rings. The maximum Gasteiger partial charge on any atom is 0.0249 e. The van der Waals surface area contributed by atoms with Gasteiger partial charge in [0.2, 0.25) is 0 Å². The van der Waals surface area contributed by atoms with Gasteiger partial charge < -0.3 is 0 Å². The Labute approximate surface area is 69.3 Å². The Balaban J connectivity index is 3.26. The molecule has 0 saturated carbocycles. The molecule has 0 amide bonds. The van der Waals surface area contributed by atoms with Crippen molar-refractivity contribution in [1.82, 2.24) is 0 Å². The molecule has 1 atom stereocenters. The van der Waals surface area contributed by atoms with E-state index in [0.717, 1.165) is 18.7 Å². The van der Waals surface area contributed by atoms with Crippen molar-refractivity contribution < 1.29 is 0 Å². The normalized spacial score (nSPS) is 13.1. The standard InChI is InChI=1S/C9H17Cl/c1-4-8(2)5-6-9(3)7-10/h9H,2,4-7H2,1,3H3. The maximum absolute atomic E-state index is 5.65. The van der Waals surface area contributed by atoms with Crippen LogP contribution < -0.4 is 0 Å². The van der Waals surface area contributed by atoms with Crippen molar-refractivity contribution in [1.29, 1.82) is 0 Å². The van der Waals surface area contributed by atoms with E-state index in [4.69, 9.17) is 11.6 Å². The lowest BCUT2D eigenvalue weighted by Crippen LogP contribution is -1.95. The van der Waals surface area contributed by atoms with Crippen LogP contribution >= 0.6 is 11.6 Å². The number of rotatable bonds is 5. The van der Waals surface area contributed by atoms with Crippen LogP contribution in [0, 0.1) is 5.92 Å². The smallest absolute Gasteiger partial charge is 0.0249 e. The van der Waals surface area contributed by atoms with E-state index in [-0.39, 0.29) is 0 Å². The van der Waals surface area contributed by atoms with Gasteiger partial charge in [0.05, 0.1) is 0 Å². The zero-order valence-corrected chi connectivity index (χ0v) is 7.75. The SMILES string of the molecule is C=C(CC)CCC(C)CCl. The van der Waals surface area contributed by atoms with Gasteiger partial charge in [-0.3, -0.25) is 0 Å². The number of halogens is 1. The summed E-state index contributed by atoms with van der Waals surface area (Å²) in [5.41, 5.74) is 1.34. The van der Waals surface area contributed by atoms with E-state index >= 15 is 0 Å². The van der Waals surface area contributed by atoms with Crippen molar-refractivity contribution in [3.63, 3.8) is 0 Å². The highest BCUT2D eigenvalue weighted by Crippen LogP contribution is 2.13. The Bertz CT molecular complexity index is 96.9. The Morgan fingerprint density at radius 2 is 2.20 bits per heavy atom. The molecule has 0 aromatic carbocycles. The van der Waals surface area contributed by atoms with Gasteiger partial charge in [-0.15, -0.1) is 11.6 Å². The van der Waals surface area contributed by atoms with Crippen molar-refractivity contribution in [2.45, 2.75) is 33.1 Å². The predicted octanol–water partition coefficient (Wildman–Crippen LogP) is 3.61. The molecule has 0 bridgehead atoms. The summed E-state index contributed by atoms with van der Waals surface area (Å²) in [5, 5.41) is 0. The minimum atomic E-state index is 0.643. The number of allylic oxidation sites excluding steroid dienone is 1. The summed E-state index contributed by atoms with van der Waals surface area (Å²) in [5.74, 6) is 1.42. The monoisotopic (exact) mass is 160 g/mol. The summed E-state index contributed by atoms with van der Waals surface area (Å²) < 4.78 is 0. The molecule has 0 aromatic heterocycles. The second-order valence-electron chi connectivity index (χ2n) is 2.90. The summed E-state index contributed by atoms with van der Waals surface area (Å²) in [6.45, 7) is 8.26. The number of alkyl halides is 1. The first-order valence-electron chi connectivity index (χ1n) is 3.93. The fraction of sp³-hybridized carbons (Fsp3) is 0.778. The summed E-state index contributed by atoms with van der Waals surface area (Å²) in [6.07, 6.45) is 3.44. The van der Waals surface area contributed by atoms with Gasteiger partial charge in [0.15, 0.2) is 0 Å². The Morgan fingerprint density at radius 1 is 1.60 bits per heavy atom. The van der Waals surface area contributed by atoms with Crippen LogP contribution in [0.3, 0.4) is 0 Å². The summed E-state index contributed by atoms with van der Waals surface area (Å²) in [7, 11) is 0. The van der Waals surface area contributed by atoms with E-state index in [1.165, 1.54) is 12.0 Å². The topological polar surface area (TPSA) is 0 Å². The van der Waals surface area contributed by atoms with Gasteiger partial charge in [-0.2, -0.15) is 0 Å². The fourth-order valence-corrected chi connectivity index (χ4v) is 0.859. The lowest BCUT2D eigenvalue weighted by atomic mass is 10.0. The average molecular weight is 161 g/mol. The quantitative estimate of drug-likeness (QED) is 0.426. The summed E-state index contributed by atoms with van der Waals surface area (Å²) in [4.78, 5) is 0. The van der Waals surface area contributed by atoms with Crippen LogP contribution in [-0.4, -0.2) is 5.88 Å². The van der Waals surface area contributed by atoms with Crippen LogP contribution in [0.1, 0.15) is 33.1 Å². The van der Waals surface area contributed by atoms with Crippen LogP contribution in [0.25, 0.3) is 0 Å². The second-order valence-corrected chi connectivity index (χ2v) is 3.21. The molecule has 0 aliphatic rings. The number of hydrogen-bond donors (Lipinski definition) is 0. The van der Waals surface area contributed by atoms with Crippen LogP contribution in [-0.2, 0) is 0 Å². The lowest BCUT2D eigenvalue weighted by molar-refractivity contribution is 0.586. The summed E-state index contributed by atoms with van der Waals surface area (Å²) in [6, 6.07) is 0. The van der Waals surface area contributed by atoms with E-state index in [2.05, 4.69) is 20.4 Å². The molecule has 0 radical (unpaired) electrons. The zero-order valence-electron chi connectivity index (χ0n) is 6.99. The molecule has 0 N–H and O–H groups in total. The highest BCUT2D eigenvalue weighted by molar-refractivity contribution is 6.18. The third-order valence-electron chi connectivity index (χ3n) is 1.75. The first kappa shape index (κ1) is 10.0. The summed E-state index contributed by atoms with van der Waals surface area (Å²) >= 11 is 5.65. The highest BCUT2D eigenvalue weighted by Gasteiger charge is 1.99. The van der Waals surface area contributed by atoms with Crippen molar-refractivity contribution >= 4 is 11.6 Å². The first-order valence-corrected chi connectivity index (χ1v) is 4.46. The van der Waals surface area contributed by atoms with Crippen molar-refractivity contribution in [2.24, 2.45) is 5.92 Å². The molecule has 1 heteroatoms. The molecule has 0 rings (SSSR count). The van der Waals surface area contributed by atoms with Crippen molar-refractivity contribution in [3.8, 4) is 0 Å². The molecule has 0 saturated heterocycles. The van der Waals surface area contributed by atoms with Crippen LogP contribution in [0.15, 0.2) is 12.2 Å². The van der Waals surface area contributed by atoms with Crippen LogP contribution in [0.5, 0.6) is 0 Å². The molecule has 0 aromatic rings. The number of hydrogen-bond acceptors (Lipinski definition) is 0. The van der Waals surface area contributed by atoms with Crippen LogP contribution in [0.4, 0.5) is 0 Å². The Morgan fingerprint density at radius 3 is 2.60 bits per heavy atom. The van der Waals surface area contributed by atoms with Crippen LogP contribution in [0.2, 0.25) is 0 Å². The van der Waals surface area contributed by atoms with E-state index in [1.807, 2.05) is 0 Å². The predicted molar refractivity (Wildman–Crippen MR) is 48.5 cm³/mol. The molecule has 0 spiro atoms. The largest absolute Gasteiger partial charge is 0.126 e. The zero-order chi connectivity index (χ0) is 7.98. The molecule has 0 aliphatic carbocycles. The maximum atomic E-state index is 5.65. The average Bonchev–Trinajstić information content (AvgIpc) is 1.99. The molecule has 0 nitrogen and oxygen atoms in total. The minimum absolute atomic E-state index is 0.643. The molecule has 0 heterocycles. The minimum Gasteiger partial charge on any atom is -0.126 e. The van der Waals surface area contributed by atoms with E-state index in [1.54, 1.807) is 0 Å². The Hall–Kier alpha value is 0.0300. The van der Waals surface area contributed by atoms with Gasteiger partial charge in [0.1, 0.15) is 0 Å². The van der Waals surface area contributed by atoms with E-state index < -0.39 is 0 Å². The van der Waals surface area contributed by atoms with Gasteiger partial charge >= 0.3 is 0 Å². The molecular weight excluding hydrogens is 144 g/mol. The van der Waals surface area contributed by atoms with E-state index in [9.17, 15) is 0 Å². The molecule has 10 heavy (non-hydrogen) atoms. The first-order chi connectivity index (χ1) is 4.70. The highest BCUT2D eigenvalue weighted by atomic mass is 35.5. The molecule has 0 aliphatic heterocycles. The fourth-order valence-electron chi connectivity index (χ4n) is 0.704. The van der Waals surface area contributed by atoms with Gasteiger partial charge in [-0.1, -0.05) is 26.0 Å². The van der Waals surface area contributed by atoms with Crippen molar-refractivity contribution in [2.75, 3.05) is 5.88 Å². The lowest BCUT2D eigenvalue weighted by Gasteiger charge is -2.06. The molecule has 60 valence electrons. The second kappa shape index (κ2) is 5.79. The van der Waals surface area contributed by atoms with Gasteiger partial charge in [0, 0.05) is 5.88 Å².